The average Bonchev–Trinajstić information content (AvgIpc) is 0. The van der Waals surface area contributed by atoms with Gasteiger partial charge in [0.15, 0.2) is 0 Å². The fourth-order valence-electron chi connectivity index (χ4n) is 0. The van der Waals surface area contributed by atoms with Crippen LogP contribution in [-0.2, 0) is 0 Å². The second-order valence-electron chi connectivity index (χ2n) is 0. The zero-order valence-electron chi connectivity index (χ0n) is 2.72. The summed E-state index contributed by atoms with van der Waals surface area (Å²) in [6, 6.07) is 0. The van der Waals surface area contributed by atoms with Crippen molar-refractivity contribution in [1.82, 2.24) is 0 Å². The van der Waals surface area contributed by atoms with Gasteiger partial charge in [-0.25, -0.2) is 0 Å². The van der Waals surface area contributed by atoms with Gasteiger partial charge in [-0.2, -0.15) is 0 Å². The van der Waals surface area contributed by atoms with Crippen LogP contribution in [0.4, 0.5) is 0 Å². The van der Waals surface area contributed by atoms with E-state index in [1.165, 1.54) is 0 Å². The molecule has 0 N–H and O–H groups in total. The van der Waals surface area contributed by atoms with Crippen LogP contribution in [0.1, 0.15) is 0 Å². The minimum absolute atomic E-state index is 0. The Morgan fingerprint density at radius 1 is 0.286 bits per heavy atom. The van der Waals surface area contributed by atoms with E-state index in [4.69, 9.17) is 0 Å². The van der Waals surface area contributed by atoms with Crippen LogP contribution >= 0.6 is 0 Å². The largest absolute Gasteiger partial charge is 3.00 e. The van der Waals surface area contributed by atoms with E-state index in [0.717, 1.165) is 0 Å². The molecule has 0 saturated carbocycles. The Morgan fingerprint density at radius 3 is 0.286 bits per heavy atom. The monoisotopic (exact) mass is 235 g/mol. The first kappa shape index (κ1) is 1910. The van der Waals surface area contributed by atoms with Gasteiger partial charge in [-0.3, -0.25) is 0 Å². The molecule has 7 heavy (non-hydrogen) atoms. The molecule has 0 rings (SSSR count). The third-order valence-electron chi connectivity index (χ3n) is 0. The molecule has 0 aromatic carbocycles. The molecule has 0 aromatic rings. The summed E-state index contributed by atoms with van der Waals surface area (Å²) in [6.45, 7) is 0. The van der Waals surface area contributed by atoms with Gasteiger partial charge in [-0.1, -0.05) is 0 Å². The standard InChI is InChI=1S/6FH.Sb/h6*1H;/q;;;;;;+3/p-6. The Balaban J connectivity index is 0. The van der Waals surface area contributed by atoms with Crippen molar-refractivity contribution in [2.24, 2.45) is 0 Å². The summed E-state index contributed by atoms with van der Waals surface area (Å²) in [6.07, 6.45) is 0. The van der Waals surface area contributed by atoms with Gasteiger partial charge in [-0.05, 0) is 0 Å². The van der Waals surface area contributed by atoms with E-state index in [0.29, 0.717) is 0 Å². The molecule has 0 fully saturated rings. The molecule has 2 radical (unpaired) electrons. The van der Waals surface area contributed by atoms with Gasteiger partial charge in [0, 0.05) is 0 Å². The predicted molar refractivity (Wildman–Crippen MR) is 5.75 cm³/mol. The zero-order valence-corrected chi connectivity index (χ0v) is 5.27. The molecule has 0 aliphatic heterocycles. The van der Waals surface area contributed by atoms with Crippen LogP contribution in [0, 0.1) is 0 Å². The van der Waals surface area contributed by atoms with Crippen molar-refractivity contribution in [1.29, 1.82) is 0 Å². The Labute approximate surface area is 53.3 Å². The number of rotatable bonds is 0. The molecule has 7 heteroatoms. The van der Waals surface area contributed by atoms with E-state index in [1.54, 1.807) is 0 Å². The normalized spacial score (nSPS) is 0. The third-order valence-corrected chi connectivity index (χ3v) is 0. The topological polar surface area (TPSA) is 0 Å². The summed E-state index contributed by atoms with van der Waals surface area (Å²) in [5.41, 5.74) is 0. The fraction of sp³-hybridized carbons (Fsp3) is 0. The molecule has 0 heterocycles. The second-order valence-corrected chi connectivity index (χ2v) is 0. The Hall–Kier alpha value is 0.398. The average molecular weight is 236 g/mol. The third kappa shape index (κ3) is 781. The van der Waals surface area contributed by atoms with E-state index in [1.807, 2.05) is 0 Å². The van der Waals surface area contributed by atoms with E-state index >= 15 is 0 Å². The second kappa shape index (κ2) is 1180. The van der Waals surface area contributed by atoms with Crippen LogP contribution in [-0.4, -0.2) is 24.4 Å². The SMILES string of the molecule is [F-].[F-].[F-].[F-].[F-].[F-].[Sb+3]. The summed E-state index contributed by atoms with van der Waals surface area (Å²) in [5, 5.41) is 0. The summed E-state index contributed by atoms with van der Waals surface area (Å²) < 4.78 is 0. The van der Waals surface area contributed by atoms with E-state index in [-0.39, 0.29) is 52.7 Å². The number of hydrogen-bond donors (Lipinski definition) is 0. The van der Waals surface area contributed by atoms with Crippen molar-refractivity contribution in [3.05, 3.63) is 0 Å². The molecule has 0 unspecified atom stereocenters. The zero-order chi connectivity index (χ0) is 0. The molecule has 0 aliphatic rings. The molecule has 0 aliphatic carbocycles. The van der Waals surface area contributed by atoms with Gasteiger partial charge in [0.25, 0.3) is 0 Å². The Bertz CT molecular complexity index is 4.14. The van der Waals surface area contributed by atoms with Gasteiger partial charge in [0.1, 0.15) is 0 Å². The Morgan fingerprint density at radius 2 is 0.286 bits per heavy atom. The van der Waals surface area contributed by atoms with Crippen LogP contribution in [0.3, 0.4) is 0 Å². The van der Waals surface area contributed by atoms with Crippen LogP contribution in [0.25, 0.3) is 0 Å². The molecule has 0 spiro atoms. The summed E-state index contributed by atoms with van der Waals surface area (Å²) in [5.74, 6) is 0. The van der Waals surface area contributed by atoms with Crippen LogP contribution in [0.5, 0.6) is 0 Å². The molecule has 0 atom stereocenters. The molecule has 0 bridgehead atoms. The van der Waals surface area contributed by atoms with Crippen LogP contribution in [0.15, 0.2) is 0 Å². The fourth-order valence-corrected chi connectivity index (χ4v) is 0. The first-order valence-electron chi connectivity index (χ1n) is 0. The van der Waals surface area contributed by atoms with E-state index in [2.05, 4.69) is 0 Å². The van der Waals surface area contributed by atoms with Crippen molar-refractivity contribution in [2.75, 3.05) is 0 Å². The smallest absolute Gasteiger partial charge is 1.00 e. The number of hydrogen-bond acceptors (Lipinski definition) is 0. The van der Waals surface area contributed by atoms with Crippen molar-refractivity contribution in [3.63, 3.8) is 0 Å². The summed E-state index contributed by atoms with van der Waals surface area (Å²) in [4.78, 5) is 0. The quantitative estimate of drug-likeness (QED) is 0.289. The van der Waals surface area contributed by atoms with Gasteiger partial charge >= 0.3 is 24.4 Å². The maximum Gasteiger partial charge on any atom is 3.00 e. The first-order chi connectivity index (χ1) is 0. The van der Waals surface area contributed by atoms with Crippen molar-refractivity contribution in [2.45, 2.75) is 0 Å². The number of halogens is 6. The minimum Gasteiger partial charge on any atom is -1.00 e. The summed E-state index contributed by atoms with van der Waals surface area (Å²) in [7, 11) is 0. The van der Waals surface area contributed by atoms with Gasteiger partial charge in [-0.15, -0.1) is 0 Å². The maximum atomic E-state index is 0. The van der Waals surface area contributed by atoms with Crippen LogP contribution in [0.2, 0.25) is 0 Å². The predicted octanol–water partition coefficient (Wildman–Crippen LogP) is -18.4. The molecule has 0 saturated heterocycles. The van der Waals surface area contributed by atoms with Gasteiger partial charge < -0.3 is 28.2 Å². The molecule has 0 nitrogen and oxygen atoms in total. The molecular weight excluding hydrogens is 236 g/mol. The van der Waals surface area contributed by atoms with Gasteiger partial charge in [0.2, 0.25) is 0 Å². The summed E-state index contributed by atoms with van der Waals surface area (Å²) >= 11 is 0. The molecule has 50 valence electrons. The molecule has 0 aromatic heterocycles. The van der Waals surface area contributed by atoms with Crippen LogP contribution < -0.4 is 28.2 Å². The van der Waals surface area contributed by atoms with Crippen molar-refractivity contribution >= 4 is 24.4 Å². The van der Waals surface area contributed by atoms with E-state index in [9.17, 15) is 0 Å². The van der Waals surface area contributed by atoms with E-state index < -0.39 is 0 Å². The maximum absolute atomic E-state index is 0. The first-order valence-corrected chi connectivity index (χ1v) is 0. The van der Waals surface area contributed by atoms with Crippen molar-refractivity contribution < 1.29 is 28.2 Å². The van der Waals surface area contributed by atoms with Gasteiger partial charge in [0.05, 0.1) is 0 Å². The minimum atomic E-state index is 0. The molecular formula is F6Sb-3. The molecule has 0 amide bonds. The Kier molecular flexibility index (Phi) is 321000. The van der Waals surface area contributed by atoms with Crippen molar-refractivity contribution in [3.8, 4) is 0 Å².